The van der Waals surface area contributed by atoms with Crippen LogP contribution in [0.15, 0.2) is 72.8 Å². The first kappa shape index (κ1) is 20.0. The molecule has 0 radical (unpaired) electrons. The van der Waals surface area contributed by atoms with Crippen LogP contribution in [0.25, 0.3) is 23.3 Å². The Morgan fingerprint density at radius 3 is 1.86 bits per heavy atom. The van der Waals surface area contributed by atoms with Gasteiger partial charge >= 0.3 is 0 Å². The Hall–Kier alpha value is -3.77. The minimum atomic E-state index is -0.672. The standard InChI is InChI=1S/C22H15ClN2O4/c23-20(13-17-9-5-2-6-10-17)19-14-18(12-11-16-7-3-1-4-8-16)21(24(26)27)15-22(19)25(28)29/h1-15H. The molecule has 3 aromatic rings. The highest BCUT2D eigenvalue weighted by Gasteiger charge is 2.24. The lowest BCUT2D eigenvalue weighted by molar-refractivity contribution is -0.394. The summed E-state index contributed by atoms with van der Waals surface area (Å²) >= 11 is 6.37. The monoisotopic (exact) mass is 406 g/mol. The van der Waals surface area contributed by atoms with Crippen molar-refractivity contribution in [2.24, 2.45) is 0 Å². The zero-order valence-corrected chi connectivity index (χ0v) is 15.8. The maximum atomic E-state index is 11.5. The second-order valence-electron chi connectivity index (χ2n) is 6.09. The molecular formula is C22H15ClN2O4. The van der Waals surface area contributed by atoms with Crippen molar-refractivity contribution in [1.82, 2.24) is 0 Å². The second-order valence-corrected chi connectivity index (χ2v) is 6.50. The lowest BCUT2D eigenvalue weighted by Crippen LogP contribution is -1.99. The maximum absolute atomic E-state index is 11.5. The quantitative estimate of drug-likeness (QED) is 0.269. The summed E-state index contributed by atoms with van der Waals surface area (Å²) in [5.74, 6) is 0. The molecule has 3 rings (SSSR count). The molecule has 29 heavy (non-hydrogen) atoms. The highest BCUT2D eigenvalue weighted by atomic mass is 35.5. The summed E-state index contributed by atoms with van der Waals surface area (Å²) in [5, 5.41) is 23.1. The molecule has 0 aromatic heterocycles. The predicted molar refractivity (Wildman–Crippen MR) is 115 cm³/mol. The van der Waals surface area contributed by atoms with Crippen molar-refractivity contribution in [1.29, 1.82) is 0 Å². The molecule has 0 saturated carbocycles. The van der Waals surface area contributed by atoms with Gasteiger partial charge in [0.1, 0.15) is 0 Å². The van der Waals surface area contributed by atoms with E-state index in [1.54, 1.807) is 30.4 Å². The highest BCUT2D eigenvalue weighted by Crippen LogP contribution is 2.36. The lowest BCUT2D eigenvalue weighted by Gasteiger charge is -2.06. The molecule has 144 valence electrons. The van der Waals surface area contributed by atoms with Gasteiger partial charge in [-0.3, -0.25) is 20.2 Å². The van der Waals surface area contributed by atoms with Crippen molar-refractivity contribution in [3.8, 4) is 0 Å². The highest BCUT2D eigenvalue weighted by molar-refractivity contribution is 6.51. The summed E-state index contributed by atoms with van der Waals surface area (Å²) in [6.07, 6.45) is 4.83. The molecule has 6 nitrogen and oxygen atoms in total. The van der Waals surface area contributed by atoms with E-state index in [9.17, 15) is 20.2 Å². The Morgan fingerprint density at radius 2 is 1.31 bits per heavy atom. The summed E-state index contributed by atoms with van der Waals surface area (Å²) in [7, 11) is 0. The van der Waals surface area contributed by atoms with Crippen LogP contribution in [-0.4, -0.2) is 9.85 Å². The lowest BCUT2D eigenvalue weighted by atomic mass is 10.0. The molecule has 0 aliphatic heterocycles. The van der Waals surface area contributed by atoms with E-state index in [2.05, 4.69) is 0 Å². The van der Waals surface area contributed by atoms with Crippen molar-refractivity contribution in [2.45, 2.75) is 0 Å². The van der Waals surface area contributed by atoms with Gasteiger partial charge in [-0.25, -0.2) is 0 Å². The molecule has 0 saturated heterocycles. The van der Waals surface area contributed by atoms with E-state index >= 15 is 0 Å². The summed E-state index contributed by atoms with van der Waals surface area (Å²) in [4.78, 5) is 21.7. The summed E-state index contributed by atoms with van der Waals surface area (Å²) in [6.45, 7) is 0. The summed E-state index contributed by atoms with van der Waals surface area (Å²) < 4.78 is 0. The minimum absolute atomic E-state index is 0.110. The number of benzene rings is 3. The Balaban J connectivity index is 2.14. The SMILES string of the molecule is O=[N+]([O-])c1cc([N+](=O)[O-])c(C(Cl)=Cc2ccccc2)cc1C=Cc1ccccc1. The molecule has 0 spiro atoms. The minimum Gasteiger partial charge on any atom is -0.258 e. The van der Waals surface area contributed by atoms with Crippen molar-refractivity contribution >= 4 is 46.2 Å². The van der Waals surface area contributed by atoms with Crippen LogP contribution in [0.2, 0.25) is 0 Å². The Labute approximate surface area is 171 Å². The fourth-order valence-corrected chi connectivity index (χ4v) is 3.03. The van der Waals surface area contributed by atoms with Gasteiger partial charge in [-0.15, -0.1) is 0 Å². The number of nitrogens with zero attached hydrogens (tertiary/aromatic N) is 2. The normalized spacial score (nSPS) is 11.6. The van der Waals surface area contributed by atoms with Crippen LogP contribution in [0.1, 0.15) is 22.3 Å². The number of rotatable bonds is 6. The van der Waals surface area contributed by atoms with Gasteiger partial charge in [0.2, 0.25) is 0 Å². The summed E-state index contributed by atoms with van der Waals surface area (Å²) in [5.41, 5.74) is 1.14. The van der Waals surface area contributed by atoms with Gasteiger partial charge < -0.3 is 0 Å². The van der Waals surface area contributed by atoms with E-state index in [1.165, 1.54) is 6.07 Å². The largest absolute Gasteiger partial charge is 0.285 e. The molecule has 0 amide bonds. The Bertz CT molecular complexity index is 1110. The fourth-order valence-electron chi connectivity index (χ4n) is 2.75. The molecule has 0 unspecified atom stereocenters. The van der Waals surface area contributed by atoms with Crippen LogP contribution in [0.5, 0.6) is 0 Å². The van der Waals surface area contributed by atoms with Gasteiger partial charge in [-0.2, -0.15) is 0 Å². The third-order valence-electron chi connectivity index (χ3n) is 4.14. The maximum Gasteiger partial charge on any atom is 0.285 e. The van der Waals surface area contributed by atoms with E-state index in [4.69, 9.17) is 11.6 Å². The van der Waals surface area contributed by atoms with E-state index < -0.39 is 15.5 Å². The summed E-state index contributed by atoms with van der Waals surface area (Å²) in [6, 6.07) is 20.6. The first-order valence-electron chi connectivity index (χ1n) is 8.58. The number of hydrogen-bond acceptors (Lipinski definition) is 4. The van der Waals surface area contributed by atoms with Crippen molar-refractivity contribution in [3.63, 3.8) is 0 Å². The van der Waals surface area contributed by atoms with Gasteiger partial charge in [0.15, 0.2) is 0 Å². The Kier molecular flexibility index (Phi) is 6.16. The van der Waals surface area contributed by atoms with Crippen molar-refractivity contribution < 1.29 is 9.85 Å². The average Bonchev–Trinajstić information content (AvgIpc) is 2.72. The zero-order valence-electron chi connectivity index (χ0n) is 15.1. The second kappa shape index (κ2) is 8.95. The number of nitro benzene ring substituents is 2. The first-order valence-corrected chi connectivity index (χ1v) is 8.96. The molecule has 7 heteroatoms. The van der Waals surface area contributed by atoms with Crippen LogP contribution in [0.3, 0.4) is 0 Å². The zero-order chi connectivity index (χ0) is 20.8. The van der Waals surface area contributed by atoms with Crippen LogP contribution in [0, 0.1) is 20.2 Å². The van der Waals surface area contributed by atoms with Crippen molar-refractivity contribution in [3.05, 3.63) is 115 Å². The van der Waals surface area contributed by atoms with Crippen LogP contribution in [-0.2, 0) is 0 Å². The van der Waals surface area contributed by atoms with Gasteiger partial charge in [-0.05, 0) is 29.3 Å². The van der Waals surface area contributed by atoms with Crippen LogP contribution < -0.4 is 0 Å². The third-order valence-corrected chi connectivity index (χ3v) is 4.46. The van der Waals surface area contributed by atoms with Gasteiger partial charge in [0.25, 0.3) is 11.4 Å². The Morgan fingerprint density at radius 1 is 0.759 bits per heavy atom. The molecule has 0 fully saturated rings. The first-order chi connectivity index (χ1) is 14.0. The van der Waals surface area contributed by atoms with Crippen molar-refractivity contribution in [2.75, 3.05) is 0 Å². The fraction of sp³-hybridized carbons (Fsp3) is 0. The molecule has 0 bridgehead atoms. The van der Waals surface area contributed by atoms with E-state index in [-0.39, 0.29) is 21.8 Å². The number of halogens is 1. The topological polar surface area (TPSA) is 86.3 Å². The molecule has 0 aliphatic carbocycles. The van der Waals surface area contributed by atoms with Gasteiger partial charge in [0.05, 0.1) is 32.1 Å². The molecule has 3 aromatic carbocycles. The predicted octanol–water partition coefficient (Wildman–Crippen LogP) is 6.41. The van der Waals surface area contributed by atoms with Crippen LogP contribution in [0.4, 0.5) is 11.4 Å². The van der Waals surface area contributed by atoms with Gasteiger partial charge in [0, 0.05) is 0 Å². The van der Waals surface area contributed by atoms with Gasteiger partial charge in [-0.1, -0.05) is 78.3 Å². The molecule has 0 heterocycles. The third kappa shape index (κ3) is 4.94. The molecular weight excluding hydrogens is 392 g/mol. The van der Waals surface area contributed by atoms with Crippen LogP contribution >= 0.6 is 11.6 Å². The molecule has 0 N–H and O–H groups in total. The molecule has 0 aliphatic rings. The average molecular weight is 407 g/mol. The number of hydrogen-bond donors (Lipinski definition) is 0. The number of nitro groups is 2. The molecule has 0 atom stereocenters. The van der Waals surface area contributed by atoms with E-state index in [0.29, 0.717) is 0 Å². The van der Waals surface area contributed by atoms with E-state index in [1.807, 2.05) is 48.5 Å². The smallest absolute Gasteiger partial charge is 0.258 e. The van der Waals surface area contributed by atoms with E-state index in [0.717, 1.165) is 17.2 Å².